The highest BCUT2D eigenvalue weighted by Crippen LogP contribution is 2.12. The van der Waals surface area contributed by atoms with Gasteiger partial charge in [-0.15, -0.1) is 0 Å². The van der Waals surface area contributed by atoms with Crippen LogP contribution < -0.4 is 0 Å². The molecule has 1 heterocycles. The van der Waals surface area contributed by atoms with Gasteiger partial charge in [0.25, 0.3) is 0 Å². The summed E-state index contributed by atoms with van der Waals surface area (Å²) in [5.74, 6) is 0. The lowest BCUT2D eigenvalue weighted by Crippen LogP contribution is -1.75. The third-order valence-electron chi connectivity index (χ3n) is 1.80. The van der Waals surface area contributed by atoms with Gasteiger partial charge in [0.05, 0.1) is 0 Å². The minimum atomic E-state index is 1.22. The van der Waals surface area contributed by atoms with Crippen molar-refractivity contribution in [3.05, 3.63) is 42.2 Å². The third-order valence-corrected chi connectivity index (χ3v) is 1.80. The van der Waals surface area contributed by atoms with Crippen LogP contribution in [0, 0.1) is 6.92 Å². The van der Waals surface area contributed by atoms with Gasteiger partial charge in [0.2, 0.25) is 0 Å². The van der Waals surface area contributed by atoms with Crippen molar-refractivity contribution in [1.29, 1.82) is 0 Å². The van der Waals surface area contributed by atoms with Crippen LogP contribution in [0.5, 0.6) is 0 Å². The van der Waals surface area contributed by atoms with Crippen LogP contribution in [0.2, 0.25) is 0 Å². The summed E-state index contributed by atoms with van der Waals surface area (Å²) in [6.45, 7) is 6.34. The van der Waals surface area contributed by atoms with E-state index >= 15 is 0 Å². The summed E-state index contributed by atoms with van der Waals surface area (Å²) in [6, 6.07) is 8.39. The van der Waals surface area contributed by atoms with Crippen LogP contribution in [0.1, 0.15) is 25.8 Å². The molecule has 0 saturated carbocycles. The van der Waals surface area contributed by atoms with E-state index in [-0.39, 0.29) is 0 Å². The molecule has 2 rings (SSSR count). The molecule has 0 spiro atoms. The third kappa shape index (κ3) is 2.84. The van der Waals surface area contributed by atoms with Crippen LogP contribution in [0.15, 0.2) is 36.7 Å². The Bertz CT molecular complexity index is 393. The fourth-order valence-electron chi connectivity index (χ4n) is 1.20. The van der Waals surface area contributed by atoms with Gasteiger partial charge in [0, 0.05) is 17.8 Å². The predicted molar refractivity (Wildman–Crippen MR) is 62.4 cm³/mol. The molecule has 0 unspecified atom stereocenters. The Morgan fingerprint density at radius 3 is 2.50 bits per heavy atom. The molecule has 14 heavy (non-hydrogen) atoms. The van der Waals surface area contributed by atoms with Crippen LogP contribution in [-0.4, -0.2) is 4.98 Å². The van der Waals surface area contributed by atoms with Crippen LogP contribution >= 0.6 is 0 Å². The molecule has 0 bridgehead atoms. The molecule has 1 aromatic carbocycles. The molecule has 0 fully saturated rings. The van der Waals surface area contributed by atoms with Crippen LogP contribution in [0.3, 0.4) is 0 Å². The van der Waals surface area contributed by atoms with Gasteiger partial charge in [-0.1, -0.05) is 38.0 Å². The van der Waals surface area contributed by atoms with Crippen molar-refractivity contribution in [3.8, 4) is 0 Å². The summed E-state index contributed by atoms with van der Waals surface area (Å²) in [4.78, 5) is 4.05. The average molecular weight is 187 g/mol. The molecule has 0 saturated heterocycles. The predicted octanol–water partition coefficient (Wildman–Crippen LogP) is 3.96. The van der Waals surface area contributed by atoms with Gasteiger partial charge in [-0.05, 0) is 24.4 Å². The second-order valence-corrected chi connectivity index (χ2v) is 3.43. The first-order valence-electron chi connectivity index (χ1n) is 5.08. The minimum absolute atomic E-state index is 1.22. The number of pyridine rings is 1. The molecule has 1 aromatic heterocycles. The van der Waals surface area contributed by atoms with E-state index < -0.39 is 0 Å². The monoisotopic (exact) mass is 187 g/mol. The van der Waals surface area contributed by atoms with E-state index in [0.717, 1.165) is 0 Å². The number of rotatable bonds is 0. The first kappa shape index (κ1) is 10.7. The van der Waals surface area contributed by atoms with Crippen molar-refractivity contribution in [3.63, 3.8) is 0 Å². The number of fused-ring (bicyclic) bond motifs is 1. The fourth-order valence-corrected chi connectivity index (χ4v) is 1.20. The van der Waals surface area contributed by atoms with Crippen LogP contribution in [0.4, 0.5) is 0 Å². The molecule has 1 nitrogen and oxygen atoms in total. The summed E-state index contributed by atoms with van der Waals surface area (Å²) in [6.07, 6.45) is 4.96. The van der Waals surface area contributed by atoms with Crippen LogP contribution in [0.25, 0.3) is 10.8 Å². The Balaban J connectivity index is 0.000000293. The smallest absolute Gasteiger partial charge is 0.0346 e. The number of aromatic nitrogens is 1. The van der Waals surface area contributed by atoms with Gasteiger partial charge in [0.15, 0.2) is 0 Å². The van der Waals surface area contributed by atoms with Crippen molar-refractivity contribution in [2.24, 2.45) is 0 Å². The first-order valence-corrected chi connectivity index (χ1v) is 5.08. The van der Waals surface area contributed by atoms with E-state index in [4.69, 9.17) is 0 Å². The summed E-state index contributed by atoms with van der Waals surface area (Å²) >= 11 is 0. The number of hydrogen-bond donors (Lipinski definition) is 0. The second kappa shape index (κ2) is 5.38. The molecular weight excluding hydrogens is 170 g/mol. The molecule has 74 valence electrons. The molecule has 0 aliphatic heterocycles. The van der Waals surface area contributed by atoms with Gasteiger partial charge in [-0.25, -0.2) is 0 Å². The van der Waals surface area contributed by atoms with Crippen molar-refractivity contribution in [1.82, 2.24) is 4.98 Å². The van der Waals surface area contributed by atoms with Crippen molar-refractivity contribution in [2.75, 3.05) is 0 Å². The number of benzene rings is 1. The standard InChI is InChI=1S/C10H9N.C3H8/c1-8-2-3-9-4-5-11-7-10(9)6-8;1-3-2/h2-7H,1H3;3H2,1-2H3. The lowest BCUT2D eigenvalue weighted by molar-refractivity contribution is 1.09. The van der Waals surface area contributed by atoms with Gasteiger partial charge in [0.1, 0.15) is 0 Å². The molecular formula is C13H17N. The van der Waals surface area contributed by atoms with E-state index in [1.54, 1.807) is 0 Å². The van der Waals surface area contributed by atoms with E-state index in [0.29, 0.717) is 0 Å². The summed E-state index contributed by atoms with van der Waals surface area (Å²) in [5, 5.41) is 2.47. The molecule has 0 N–H and O–H groups in total. The Kier molecular flexibility index (Phi) is 4.11. The zero-order valence-electron chi connectivity index (χ0n) is 9.12. The Morgan fingerprint density at radius 1 is 1.07 bits per heavy atom. The van der Waals surface area contributed by atoms with Crippen molar-refractivity contribution in [2.45, 2.75) is 27.2 Å². The van der Waals surface area contributed by atoms with Gasteiger partial charge < -0.3 is 0 Å². The van der Waals surface area contributed by atoms with E-state index in [9.17, 15) is 0 Å². The highest BCUT2D eigenvalue weighted by Gasteiger charge is 1.90. The van der Waals surface area contributed by atoms with Gasteiger partial charge in [-0.3, -0.25) is 4.98 Å². The first-order chi connectivity index (χ1) is 6.77. The zero-order chi connectivity index (χ0) is 10.4. The quantitative estimate of drug-likeness (QED) is 0.608. The Labute approximate surface area is 85.8 Å². The maximum absolute atomic E-state index is 4.05. The lowest BCUT2D eigenvalue weighted by Gasteiger charge is -1.96. The number of nitrogens with zero attached hydrogens (tertiary/aromatic N) is 1. The Morgan fingerprint density at radius 2 is 1.79 bits per heavy atom. The topological polar surface area (TPSA) is 12.9 Å². The normalized spacial score (nSPS) is 9.36. The Hall–Kier alpha value is -1.37. The molecule has 0 atom stereocenters. The van der Waals surface area contributed by atoms with E-state index in [1.165, 1.54) is 22.8 Å². The van der Waals surface area contributed by atoms with Crippen molar-refractivity contribution >= 4 is 10.8 Å². The highest BCUT2D eigenvalue weighted by atomic mass is 14.6. The van der Waals surface area contributed by atoms with Crippen LogP contribution in [-0.2, 0) is 0 Å². The number of hydrogen-bond acceptors (Lipinski definition) is 1. The SMILES string of the molecule is CCC.Cc1ccc2ccncc2c1. The van der Waals surface area contributed by atoms with E-state index in [2.05, 4.69) is 44.0 Å². The molecule has 2 aromatic rings. The fraction of sp³-hybridized carbons (Fsp3) is 0.308. The highest BCUT2D eigenvalue weighted by molar-refractivity contribution is 5.81. The number of aryl methyl sites for hydroxylation is 1. The van der Waals surface area contributed by atoms with Crippen molar-refractivity contribution < 1.29 is 0 Å². The second-order valence-electron chi connectivity index (χ2n) is 3.43. The average Bonchev–Trinajstić information content (AvgIpc) is 2.19. The molecule has 0 radical (unpaired) electrons. The zero-order valence-corrected chi connectivity index (χ0v) is 9.12. The minimum Gasteiger partial charge on any atom is -0.264 e. The summed E-state index contributed by atoms with van der Waals surface area (Å²) < 4.78 is 0. The molecule has 0 amide bonds. The summed E-state index contributed by atoms with van der Waals surface area (Å²) in [5.41, 5.74) is 1.28. The molecule has 0 aliphatic carbocycles. The largest absolute Gasteiger partial charge is 0.264 e. The molecule has 0 aliphatic rings. The van der Waals surface area contributed by atoms with Gasteiger partial charge in [-0.2, -0.15) is 0 Å². The summed E-state index contributed by atoms with van der Waals surface area (Å²) in [7, 11) is 0. The maximum Gasteiger partial charge on any atom is 0.0346 e. The van der Waals surface area contributed by atoms with E-state index in [1.807, 2.05) is 18.5 Å². The molecule has 1 heteroatoms. The van der Waals surface area contributed by atoms with Gasteiger partial charge >= 0.3 is 0 Å². The maximum atomic E-state index is 4.05. The lowest BCUT2D eigenvalue weighted by atomic mass is 10.1.